The summed E-state index contributed by atoms with van der Waals surface area (Å²) in [5.74, 6) is 0.609. The summed E-state index contributed by atoms with van der Waals surface area (Å²) in [7, 11) is 3.62. The van der Waals surface area contributed by atoms with Gasteiger partial charge in [-0.3, -0.25) is 0 Å². The van der Waals surface area contributed by atoms with Gasteiger partial charge in [-0.2, -0.15) is 15.0 Å². The number of halogens is 2. The number of hydrogen-bond donors (Lipinski definition) is 2. The van der Waals surface area contributed by atoms with Crippen molar-refractivity contribution in [3.63, 3.8) is 0 Å². The maximum atomic E-state index is 13.8. The number of anilines is 4. The second-order valence-corrected chi connectivity index (χ2v) is 4.84. The van der Waals surface area contributed by atoms with Crippen molar-refractivity contribution in [1.29, 1.82) is 0 Å². The second-order valence-electron chi connectivity index (χ2n) is 4.43. The van der Waals surface area contributed by atoms with Gasteiger partial charge in [0.15, 0.2) is 0 Å². The summed E-state index contributed by atoms with van der Waals surface area (Å²) >= 11 is 5.98. The summed E-state index contributed by atoms with van der Waals surface area (Å²) in [5, 5.41) is 6.06. The first-order valence-electron chi connectivity index (χ1n) is 6.39. The molecule has 8 heteroatoms. The number of nitrogens with zero attached hydrogens (tertiary/aromatic N) is 4. The number of para-hydroxylation sites is 1. The van der Waals surface area contributed by atoms with E-state index in [2.05, 4.69) is 25.6 Å². The van der Waals surface area contributed by atoms with Crippen LogP contribution in [0.3, 0.4) is 0 Å². The third kappa shape index (κ3) is 3.69. The van der Waals surface area contributed by atoms with Crippen molar-refractivity contribution < 1.29 is 4.39 Å². The zero-order chi connectivity index (χ0) is 15.4. The fourth-order valence-corrected chi connectivity index (χ4v) is 1.80. The Balaban J connectivity index is 2.39. The molecule has 1 heterocycles. The van der Waals surface area contributed by atoms with Crippen molar-refractivity contribution in [2.24, 2.45) is 0 Å². The van der Waals surface area contributed by atoms with Crippen LogP contribution in [0.5, 0.6) is 0 Å². The summed E-state index contributed by atoms with van der Waals surface area (Å²) in [6.45, 7) is 2.59. The Kier molecular flexibility index (Phi) is 4.74. The van der Waals surface area contributed by atoms with E-state index in [4.69, 9.17) is 11.6 Å². The normalized spacial score (nSPS) is 10.3. The van der Waals surface area contributed by atoms with Gasteiger partial charge in [-0.25, -0.2) is 4.39 Å². The SMILES string of the molecule is CCNc1nc(Nc2c(F)cccc2Cl)nc(N(C)C)n1. The Morgan fingerprint density at radius 3 is 2.52 bits per heavy atom. The number of rotatable bonds is 5. The molecule has 21 heavy (non-hydrogen) atoms. The quantitative estimate of drug-likeness (QED) is 0.885. The van der Waals surface area contributed by atoms with Crippen molar-refractivity contribution in [3.8, 4) is 0 Å². The molecule has 0 aliphatic rings. The highest BCUT2D eigenvalue weighted by Crippen LogP contribution is 2.27. The van der Waals surface area contributed by atoms with Crippen molar-refractivity contribution in [1.82, 2.24) is 15.0 Å². The summed E-state index contributed by atoms with van der Waals surface area (Å²) in [4.78, 5) is 14.4. The number of aromatic nitrogens is 3. The summed E-state index contributed by atoms with van der Waals surface area (Å²) in [6, 6.07) is 4.44. The summed E-state index contributed by atoms with van der Waals surface area (Å²) < 4.78 is 13.8. The van der Waals surface area contributed by atoms with Crippen LogP contribution in [-0.2, 0) is 0 Å². The highest BCUT2D eigenvalue weighted by molar-refractivity contribution is 6.33. The molecule has 0 atom stereocenters. The van der Waals surface area contributed by atoms with Crippen LogP contribution in [-0.4, -0.2) is 35.6 Å². The molecule has 0 spiro atoms. The van der Waals surface area contributed by atoms with E-state index in [1.807, 2.05) is 21.0 Å². The zero-order valence-corrected chi connectivity index (χ0v) is 12.7. The van der Waals surface area contributed by atoms with Gasteiger partial charge in [-0.15, -0.1) is 0 Å². The van der Waals surface area contributed by atoms with Crippen LogP contribution in [0, 0.1) is 5.82 Å². The minimum atomic E-state index is -0.473. The molecule has 0 bridgehead atoms. The molecular formula is C13H16ClFN6. The average molecular weight is 311 g/mol. The van der Waals surface area contributed by atoms with Crippen molar-refractivity contribution >= 4 is 35.1 Å². The predicted octanol–water partition coefficient (Wildman–Crippen LogP) is 2.91. The molecule has 0 aliphatic carbocycles. The molecule has 2 aromatic rings. The lowest BCUT2D eigenvalue weighted by atomic mass is 10.3. The number of hydrogen-bond acceptors (Lipinski definition) is 6. The number of benzene rings is 1. The first-order valence-corrected chi connectivity index (χ1v) is 6.77. The Morgan fingerprint density at radius 1 is 1.19 bits per heavy atom. The standard InChI is InChI=1S/C13H16ClFN6/c1-4-16-11-18-12(20-13(19-11)21(2)3)17-10-8(14)6-5-7-9(10)15/h5-7H,4H2,1-3H3,(H2,16,17,18,19,20). The van der Waals surface area contributed by atoms with Crippen LogP contribution in [0.2, 0.25) is 5.02 Å². The lowest BCUT2D eigenvalue weighted by Gasteiger charge is -2.14. The first-order chi connectivity index (χ1) is 10.0. The molecule has 0 unspecified atom stereocenters. The van der Waals surface area contributed by atoms with E-state index in [0.29, 0.717) is 18.4 Å². The van der Waals surface area contributed by atoms with Gasteiger partial charge < -0.3 is 15.5 Å². The molecule has 112 valence electrons. The fourth-order valence-electron chi connectivity index (χ4n) is 1.59. The smallest absolute Gasteiger partial charge is 0.233 e. The lowest BCUT2D eigenvalue weighted by Crippen LogP contribution is -2.16. The van der Waals surface area contributed by atoms with E-state index in [-0.39, 0.29) is 16.7 Å². The Bertz CT molecular complexity index is 614. The van der Waals surface area contributed by atoms with Crippen LogP contribution in [0.4, 0.5) is 27.9 Å². The molecule has 0 aliphatic heterocycles. The topological polar surface area (TPSA) is 66.0 Å². The van der Waals surface area contributed by atoms with E-state index in [0.717, 1.165) is 0 Å². The molecule has 0 amide bonds. The maximum absolute atomic E-state index is 13.8. The second kappa shape index (κ2) is 6.53. The van der Waals surface area contributed by atoms with Gasteiger partial charge >= 0.3 is 0 Å². The number of nitrogens with one attached hydrogen (secondary N) is 2. The molecule has 0 radical (unpaired) electrons. The van der Waals surface area contributed by atoms with E-state index >= 15 is 0 Å². The maximum Gasteiger partial charge on any atom is 0.233 e. The Morgan fingerprint density at radius 2 is 1.90 bits per heavy atom. The van der Waals surface area contributed by atoms with Gasteiger partial charge in [-0.05, 0) is 19.1 Å². The van der Waals surface area contributed by atoms with Crippen LogP contribution < -0.4 is 15.5 Å². The molecule has 0 saturated carbocycles. The zero-order valence-electron chi connectivity index (χ0n) is 12.0. The summed E-state index contributed by atoms with van der Waals surface area (Å²) in [6.07, 6.45) is 0. The van der Waals surface area contributed by atoms with Crippen molar-refractivity contribution in [2.45, 2.75) is 6.92 Å². The van der Waals surface area contributed by atoms with E-state index in [1.54, 1.807) is 11.0 Å². The van der Waals surface area contributed by atoms with Gasteiger partial charge in [0.05, 0.1) is 10.7 Å². The molecule has 2 rings (SSSR count). The largest absolute Gasteiger partial charge is 0.354 e. The predicted molar refractivity (Wildman–Crippen MR) is 83.0 cm³/mol. The minimum Gasteiger partial charge on any atom is -0.354 e. The van der Waals surface area contributed by atoms with Crippen LogP contribution in [0.15, 0.2) is 18.2 Å². The Labute approximate surface area is 127 Å². The molecule has 2 N–H and O–H groups in total. The van der Waals surface area contributed by atoms with Gasteiger partial charge in [-0.1, -0.05) is 17.7 Å². The van der Waals surface area contributed by atoms with E-state index in [9.17, 15) is 4.39 Å². The molecule has 0 fully saturated rings. The Hall–Kier alpha value is -2.15. The van der Waals surface area contributed by atoms with Crippen molar-refractivity contribution in [2.75, 3.05) is 36.2 Å². The van der Waals surface area contributed by atoms with E-state index in [1.165, 1.54) is 12.1 Å². The van der Waals surface area contributed by atoms with Gasteiger partial charge in [0.2, 0.25) is 17.8 Å². The van der Waals surface area contributed by atoms with Gasteiger partial charge in [0.25, 0.3) is 0 Å². The highest BCUT2D eigenvalue weighted by Gasteiger charge is 2.12. The van der Waals surface area contributed by atoms with Crippen LogP contribution in [0.25, 0.3) is 0 Å². The molecular weight excluding hydrogens is 295 g/mol. The molecule has 1 aromatic carbocycles. The van der Waals surface area contributed by atoms with Crippen LogP contribution >= 0.6 is 11.6 Å². The third-order valence-corrected chi connectivity index (χ3v) is 2.87. The van der Waals surface area contributed by atoms with Gasteiger partial charge in [0, 0.05) is 20.6 Å². The van der Waals surface area contributed by atoms with E-state index < -0.39 is 5.82 Å². The monoisotopic (exact) mass is 310 g/mol. The average Bonchev–Trinajstić information content (AvgIpc) is 2.43. The van der Waals surface area contributed by atoms with Crippen molar-refractivity contribution in [3.05, 3.63) is 29.0 Å². The highest BCUT2D eigenvalue weighted by atomic mass is 35.5. The minimum absolute atomic E-state index is 0.137. The summed E-state index contributed by atoms with van der Waals surface area (Å²) in [5.41, 5.74) is 0.137. The van der Waals surface area contributed by atoms with Crippen LogP contribution in [0.1, 0.15) is 6.92 Å². The molecule has 1 aromatic heterocycles. The molecule has 0 saturated heterocycles. The lowest BCUT2D eigenvalue weighted by molar-refractivity contribution is 0.631. The first kappa shape index (κ1) is 15.2. The third-order valence-electron chi connectivity index (χ3n) is 2.56. The van der Waals surface area contributed by atoms with Gasteiger partial charge in [0.1, 0.15) is 5.82 Å². The molecule has 6 nitrogen and oxygen atoms in total. The fraction of sp³-hybridized carbons (Fsp3) is 0.308.